The van der Waals surface area contributed by atoms with Gasteiger partial charge in [-0.25, -0.2) is 4.79 Å². The molecule has 0 saturated carbocycles. The molecule has 5 nitrogen and oxygen atoms in total. The zero-order valence-electron chi connectivity index (χ0n) is 11.5. The van der Waals surface area contributed by atoms with Crippen molar-refractivity contribution >= 4 is 5.97 Å². The Labute approximate surface area is 113 Å². The predicted octanol–water partition coefficient (Wildman–Crippen LogP) is 2.33. The molecule has 0 aliphatic carbocycles. The average molecular weight is 268 g/mol. The first kappa shape index (κ1) is 15.5. The molecule has 0 fully saturated rings. The van der Waals surface area contributed by atoms with Crippen molar-refractivity contribution in [1.82, 2.24) is 0 Å². The van der Waals surface area contributed by atoms with Crippen LogP contribution in [0, 0.1) is 0 Å². The van der Waals surface area contributed by atoms with Gasteiger partial charge in [0.1, 0.15) is 5.75 Å². The number of aromatic carboxylic acids is 1. The van der Waals surface area contributed by atoms with Gasteiger partial charge in [-0.05, 0) is 32.0 Å². The maximum absolute atomic E-state index is 10.9. The Morgan fingerprint density at radius 2 is 2.05 bits per heavy atom. The molecule has 0 spiro atoms. The van der Waals surface area contributed by atoms with E-state index in [2.05, 4.69) is 0 Å². The number of carboxylic acids is 1. The molecule has 19 heavy (non-hydrogen) atoms. The summed E-state index contributed by atoms with van der Waals surface area (Å²) in [5.74, 6) is -0.346. The summed E-state index contributed by atoms with van der Waals surface area (Å²) in [5, 5.41) is 8.94. The van der Waals surface area contributed by atoms with Gasteiger partial charge in [0.05, 0.1) is 38.6 Å². The van der Waals surface area contributed by atoms with Gasteiger partial charge >= 0.3 is 5.97 Å². The van der Waals surface area contributed by atoms with Crippen molar-refractivity contribution in [3.63, 3.8) is 0 Å². The summed E-state index contributed by atoms with van der Waals surface area (Å²) in [6.45, 7) is 5.18. The Hall–Kier alpha value is -1.59. The van der Waals surface area contributed by atoms with E-state index in [1.165, 1.54) is 6.07 Å². The predicted molar refractivity (Wildman–Crippen MR) is 70.7 cm³/mol. The van der Waals surface area contributed by atoms with E-state index in [4.69, 9.17) is 19.3 Å². The molecule has 0 aliphatic heterocycles. The fraction of sp³-hybridized carbons (Fsp3) is 0.500. The van der Waals surface area contributed by atoms with Crippen LogP contribution < -0.4 is 4.74 Å². The minimum absolute atomic E-state index is 0.175. The molecule has 0 aliphatic rings. The minimum Gasteiger partial charge on any atom is -0.496 e. The summed E-state index contributed by atoms with van der Waals surface area (Å²) in [7, 11) is 1.54. The summed E-state index contributed by atoms with van der Waals surface area (Å²) < 4.78 is 16.0. The van der Waals surface area contributed by atoms with Gasteiger partial charge in [0, 0.05) is 5.56 Å². The van der Waals surface area contributed by atoms with Crippen LogP contribution >= 0.6 is 0 Å². The first-order chi connectivity index (χ1) is 9.04. The largest absolute Gasteiger partial charge is 0.496 e. The van der Waals surface area contributed by atoms with E-state index in [0.717, 1.165) is 0 Å². The Bertz CT molecular complexity index is 414. The van der Waals surface area contributed by atoms with Crippen LogP contribution in [0.1, 0.15) is 29.8 Å². The van der Waals surface area contributed by atoms with E-state index in [-0.39, 0.29) is 11.7 Å². The summed E-state index contributed by atoms with van der Waals surface area (Å²) >= 11 is 0. The second kappa shape index (κ2) is 7.76. The van der Waals surface area contributed by atoms with E-state index in [1.807, 2.05) is 13.8 Å². The molecule has 0 amide bonds. The lowest BCUT2D eigenvalue weighted by atomic mass is 10.1. The molecule has 106 valence electrons. The number of rotatable bonds is 8. The molecule has 5 heteroatoms. The molecular formula is C14H20O5. The average Bonchev–Trinajstić information content (AvgIpc) is 2.37. The second-order valence-corrected chi connectivity index (χ2v) is 4.30. The van der Waals surface area contributed by atoms with Crippen LogP contribution in [0.3, 0.4) is 0 Å². The highest BCUT2D eigenvalue weighted by molar-refractivity contribution is 5.88. The van der Waals surface area contributed by atoms with Crippen molar-refractivity contribution in [2.24, 2.45) is 0 Å². The third-order valence-electron chi connectivity index (χ3n) is 2.46. The Balaban J connectivity index is 2.55. The van der Waals surface area contributed by atoms with Gasteiger partial charge in [-0.2, -0.15) is 0 Å². The van der Waals surface area contributed by atoms with Crippen molar-refractivity contribution in [3.8, 4) is 5.75 Å². The van der Waals surface area contributed by atoms with Crippen molar-refractivity contribution in [1.29, 1.82) is 0 Å². The molecule has 0 bridgehead atoms. The number of methoxy groups -OCH3 is 1. The van der Waals surface area contributed by atoms with Crippen LogP contribution in [-0.2, 0) is 16.1 Å². The molecule has 0 saturated heterocycles. The Kier molecular flexibility index (Phi) is 6.32. The first-order valence-corrected chi connectivity index (χ1v) is 6.14. The SMILES string of the molecule is COc1ccc(C(=O)O)cc1COCCOC(C)C. The fourth-order valence-electron chi connectivity index (χ4n) is 1.55. The molecule has 0 unspecified atom stereocenters. The number of benzene rings is 1. The van der Waals surface area contributed by atoms with Gasteiger partial charge in [0.2, 0.25) is 0 Å². The normalized spacial score (nSPS) is 10.7. The zero-order valence-corrected chi connectivity index (χ0v) is 11.5. The van der Waals surface area contributed by atoms with E-state index >= 15 is 0 Å². The first-order valence-electron chi connectivity index (χ1n) is 6.14. The third-order valence-corrected chi connectivity index (χ3v) is 2.46. The van der Waals surface area contributed by atoms with Gasteiger partial charge in [-0.15, -0.1) is 0 Å². The number of ether oxygens (including phenoxy) is 3. The quantitative estimate of drug-likeness (QED) is 0.733. The summed E-state index contributed by atoms with van der Waals surface area (Å²) in [6.07, 6.45) is 0.175. The lowest BCUT2D eigenvalue weighted by Crippen LogP contribution is -2.10. The zero-order chi connectivity index (χ0) is 14.3. The number of hydrogen-bond acceptors (Lipinski definition) is 4. The monoisotopic (exact) mass is 268 g/mol. The lowest BCUT2D eigenvalue weighted by Gasteiger charge is -2.11. The maximum Gasteiger partial charge on any atom is 0.335 e. The van der Waals surface area contributed by atoms with E-state index < -0.39 is 5.97 Å². The van der Waals surface area contributed by atoms with Crippen LogP contribution in [0.4, 0.5) is 0 Å². The molecule has 0 heterocycles. The van der Waals surface area contributed by atoms with Crippen LogP contribution in [-0.4, -0.2) is 37.5 Å². The molecule has 0 atom stereocenters. The Morgan fingerprint density at radius 1 is 1.32 bits per heavy atom. The number of hydrogen-bond donors (Lipinski definition) is 1. The van der Waals surface area contributed by atoms with Crippen LogP contribution in [0.5, 0.6) is 5.75 Å². The maximum atomic E-state index is 10.9. The lowest BCUT2D eigenvalue weighted by molar-refractivity contribution is 0.0138. The van der Waals surface area contributed by atoms with Gasteiger partial charge in [-0.1, -0.05) is 0 Å². The summed E-state index contributed by atoms with van der Waals surface area (Å²) in [4.78, 5) is 10.9. The summed E-state index contributed by atoms with van der Waals surface area (Å²) in [6, 6.07) is 4.70. The smallest absolute Gasteiger partial charge is 0.335 e. The molecule has 1 N–H and O–H groups in total. The van der Waals surface area contributed by atoms with Crippen LogP contribution in [0.25, 0.3) is 0 Å². The highest BCUT2D eigenvalue weighted by Gasteiger charge is 2.09. The Morgan fingerprint density at radius 3 is 2.63 bits per heavy atom. The van der Waals surface area contributed by atoms with Gasteiger partial charge in [-0.3, -0.25) is 0 Å². The number of carbonyl (C=O) groups is 1. The molecule has 1 aromatic rings. The minimum atomic E-state index is -0.966. The topological polar surface area (TPSA) is 65.0 Å². The molecule has 1 rings (SSSR count). The highest BCUT2D eigenvalue weighted by atomic mass is 16.5. The van der Waals surface area contributed by atoms with Crippen molar-refractivity contribution in [2.45, 2.75) is 26.6 Å². The third kappa shape index (κ3) is 5.28. The van der Waals surface area contributed by atoms with Crippen molar-refractivity contribution < 1.29 is 24.1 Å². The number of carboxylic acid groups (broad SMARTS) is 1. The van der Waals surface area contributed by atoms with Gasteiger partial charge in [0.25, 0.3) is 0 Å². The van der Waals surface area contributed by atoms with E-state index in [1.54, 1.807) is 19.2 Å². The van der Waals surface area contributed by atoms with Crippen molar-refractivity contribution in [3.05, 3.63) is 29.3 Å². The molecule has 0 radical (unpaired) electrons. The molecular weight excluding hydrogens is 248 g/mol. The van der Waals surface area contributed by atoms with E-state index in [0.29, 0.717) is 31.1 Å². The van der Waals surface area contributed by atoms with Crippen LogP contribution in [0.15, 0.2) is 18.2 Å². The van der Waals surface area contributed by atoms with Gasteiger partial charge < -0.3 is 19.3 Å². The highest BCUT2D eigenvalue weighted by Crippen LogP contribution is 2.20. The van der Waals surface area contributed by atoms with Crippen molar-refractivity contribution in [2.75, 3.05) is 20.3 Å². The molecule has 0 aromatic heterocycles. The van der Waals surface area contributed by atoms with Crippen LogP contribution in [0.2, 0.25) is 0 Å². The second-order valence-electron chi connectivity index (χ2n) is 4.30. The van der Waals surface area contributed by atoms with E-state index in [9.17, 15) is 4.79 Å². The standard InChI is InChI=1S/C14H20O5/c1-10(2)19-7-6-18-9-12-8-11(14(15)16)4-5-13(12)17-3/h4-5,8,10H,6-7,9H2,1-3H3,(H,15,16). The fourth-order valence-corrected chi connectivity index (χ4v) is 1.55. The summed E-state index contributed by atoms with van der Waals surface area (Å²) in [5.41, 5.74) is 0.935. The molecule has 1 aromatic carbocycles. The van der Waals surface area contributed by atoms with Gasteiger partial charge in [0.15, 0.2) is 0 Å².